The van der Waals surface area contributed by atoms with Crippen LogP contribution in [0.25, 0.3) is 10.9 Å². The van der Waals surface area contributed by atoms with Crippen LogP contribution in [0, 0.1) is 6.92 Å². The quantitative estimate of drug-likeness (QED) is 0.746. The summed E-state index contributed by atoms with van der Waals surface area (Å²) in [5.41, 5.74) is 3.23. The molecule has 1 spiro atoms. The lowest BCUT2D eigenvalue weighted by Gasteiger charge is -2.47. The molecule has 4 heterocycles. The fraction of sp³-hybridized carbons (Fsp3) is 0.278. The molecule has 2 aliphatic rings. The van der Waals surface area contributed by atoms with E-state index in [4.69, 9.17) is 4.74 Å². The molecular weight excluding hydrogens is 304 g/mol. The number of benzene rings is 1. The van der Waals surface area contributed by atoms with E-state index in [0.29, 0.717) is 25.3 Å². The highest BCUT2D eigenvalue weighted by Gasteiger charge is 2.52. The molecule has 0 aliphatic carbocycles. The number of likely N-dealkylation sites (tertiary alicyclic amines) is 1. The van der Waals surface area contributed by atoms with Gasteiger partial charge < -0.3 is 14.6 Å². The minimum atomic E-state index is -0.426. The van der Waals surface area contributed by atoms with Crippen LogP contribution in [0.5, 0.6) is 0 Å². The van der Waals surface area contributed by atoms with Crippen molar-refractivity contribution in [2.24, 2.45) is 0 Å². The van der Waals surface area contributed by atoms with Gasteiger partial charge >= 0.3 is 0 Å². The van der Waals surface area contributed by atoms with Crippen molar-refractivity contribution in [2.75, 3.05) is 13.1 Å². The zero-order valence-corrected chi connectivity index (χ0v) is 13.2. The van der Waals surface area contributed by atoms with Crippen molar-refractivity contribution in [1.82, 2.24) is 19.9 Å². The Labute approximate surface area is 138 Å². The lowest BCUT2D eigenvalue weighted by Crippen LogP contribution is -2.61. The maximum Gasteiger partial charge on any atom is 0.256 e. The first kappa shape index (κ1) is 13.7. The first-order chi connectivity index (χ1) is 11.7. The van der Waals surface area contributed by atoms with Gasteiger partial charge in [-0.2, -0.15) is 0 Å². The van der Waals surface area contributed by atoms with Gasteiger partial charge in [0.15, 0.2) is 0 Å². The summed E-state index contributed by atoms with van der Waals surface area (Å²) < 4.78 is 5.98. The number of aromatic nitrogens is 3. The Balaban J connectivity index is 1.42. The Morgan fingerprint density at radius 1 is 1.33 bits per heavy atom. The molecule has 2 aliphatic heterocycles. The second kappa shape index (κ2) is 4.64. The number of hydrogen-bond acceptors (Lipinski definition) is 4. The first-order valence-electron chi connectivity index (χ1n) is 7.99. The Bertz CT molecular complexity index is 972. The summed E-state index contributed by atoms with van der Waals surface area (Å²) >= 11 is 0. The number of para-hydroxylation sites is 1. The fourth-order valence-corrected chi connectivity index (χ4v) is 3.69. The van der Waals surface area contributed by atoms with E-state index in [0.717, 1.165) is 28.0 Å². The molecule has 0 bridgehead atoms. The number of nitrogens with zero attached hydrogens (tertiary/aromatic N) is 3. The van der Waals surface area contributed by atoms with E-state index in [1.165, 1.54) is 0 Å². The lowest BCUT2D eigenvalue weighted by atomic mass is 9.87. The standard InChI is InChI=1S/C18H16N4O2/c1-11-19-7-14-16(21-11)8-24-18(14)9-22(10-18)17(23)13-6-20-15-5-3-2-4-12(13)15/h2-7,20H,8-10H2,1H3. The molecule has 0 saturated carbocycles. The van der Waals surface area contributed by atoms with Crippen molar-refractivity contribution in [2.45, 2.75) is 19.1 Å². The summed E-state index contributed by atoms with van der Waals surface area (Å²) in [5, 5.41) is 0.954. The molecule has 6 nitrogen and oxygen atoms in total. The van der Waals surface area contributed by atoms with Gasteiger partial charge in [0.2, 0.25) is 0 Å². The normalized spacial score (nSPS) is 18.0. The van der Waals surface area contributed by atoms with Crippen molar-refractivity contribution in [3.8, 4) is 0 Å². The van der Waals surface area contributed by atoms with Gasteiger partial charge in [-0.05, 0) is 13.0 Å². The number of amides is 1. The number of carbonyl (C=O) groups excluding carboxylic acids is 1. The third-order valence-electron chi connectivity index (χ3n) is 4.96. The number of aromatic amines is 1. The lowest BCUT2D eigenvalue weighted by molar-refractivity contribution is -0.126. The maximum atomic E-state index is 12.8. The molecule has 1 N–H and O–H groups in total. The highest BCUT2D eigenvalue weighted by Crippen LogP contribution is 2.43. The second-order valence-corrected chi connectivity index (χ2v) is 6.47. The molecule has 1 amide bonds. The average molecular weight is 320 g/mol. The SMILES string of the molecule is Cc1ncc2c(n1)COC21CN(C(=O)c2c[nH]c3ccccc23)C1. The van der Waals surface area contributed by atoms with E-state index in [-0.39, 0.29) is 5.91 Å². The summed E-state index contributed by atoms with van der Waals surface area (Å²) in [7, 11) is 0. The predicted octanol–water partition coefficient (Wildman–Crippen LogP) is 2.15. The van der Waals surface area contributed by atoms with Gasteiger partial charge in [-0.1, -0.05) is 18.2 Å². The number of ether oxygens (including phenoxy) is 1. The molecule has 2 aromatic heterocycles. The summed E-state index contributed by atoms with van der Waals surface area (Å²) in [6.07, 6.45) is 3.63. The van der Waals surface area contributed by atoms with Crippen LogP contribution in [0.1, 0.15) is 27.4 Å². The average Bonchev–Trinajstić information content (AvgIpc) is 3.14. The van der Waals surface area contributed by atoms with Crippen LogP contribution in [0.4, 0.5) is 0 Å². The first-order valence-corrected chi connectivity index (χ1v) is 7.99. The topological polar surface area (TPSA) is 71.1 Å². The van der Waals surface area contributed by atoms with Crippen LogP contribution in [-0.2, 0) is 16.9 Å². The Hall–Kier alpha value is -2.73. The molecular formula is C18H16N4O2. The molecule has 24 heavy (non-hydrogen) atoms. The third kappa shape index (κ3) is 1.77. The van der Waals surface area contributed by atoms with Crippen molar-refractivity contribution in [1.29, 1.82) is 0 Å². The Morgan fingerprint density at radius 2 is 2.17 bits per heavy atom. The van der Waals surface area contributed by atoms with Crippen LogP contribution in [0.2, 0.25) is 0 Å². The number of carbonyl (C=O) groups is 1. The van der Waals surface area contributed by atoms with Gasteiger partial charge in [0, 0.05) is 28.9 Å². The summed E-state index contributed by atoms with van der Waals surface area (Å²) in [6.45, 7) is 3.46. The number of H-pyrrole nitrogens is 1. The van der Waals surface area contributed by atoms with Crippen LogP contribution in [-0.4, -0.2) is 38.8 Å². The zero-order valence-electron chi connectivity index (χ0n) is 13.2. The summed E-state index contributed by atoms with van der Waals surface area (Å²) in [4.78, 5) is 26.5. The van der Waals surface area contributed by atoms with Crippen molar-refractivity contribution in [3.63, 3.8) is 0 Å². The molecule has 3 aromatic rings. The zero-order chi connectivity index (χ0) is 16.3. The molecule has 1 saturated heterocycles. The molecule has 0 atom stereocenters. The van der Waals surface area contributed by atoms with Crippen LogP contribution in [0.15, 0.2) is 36.7 Å². The van der Waals surface area contributed by atoms with Gasteiger partial charge in [-0.3, -0.25) is 4.79 Å². The van der Waals surface area contributed by atoms with Gasteiger partial charge in [-0.15, -0.1) is 0 Å². The molecule has 1 fully saturated rings. The highest BCUT2D eigenvalue weighted by molar-refractivity contribution is 6.07. The van der Waals surface area contributed by atoms with Crippen LogP contribution < -0.4 is 0 Å². The van der Waals surface area contributed by atoms with Gasteiger partial charge in [0.1, 0.15) is 11.4 Å². The van der Waals surface area contributed by atoms with E-state index in [9.17, 15) is 4.79 Å². The number of hydrogen-bond donors (Lipinski definition) is 1. The number of nitrogens with one attached hydrogen (secondary N) is 1. The molecule has 5 rings (SSSR count). The van der Waals surface area contributed by atoms with E-state index in [1.807, 2.05) is 42.3 Å². The van der Waals surface area contributed by atoms with Crippen molar-refractivity contribution < 1.29 is 9.53 Å². The Kier molecular flexibility index (Phi) is 2.65. The minimum Gasteiger partial charge on any atom is -0.360 e. The molecule has 0 radical (unpaired) electrons. The van der Waals surface area contributed by atoms with Gasteiger partial charge in [0.25, 0.3) is 5.91 Å². The molecule has 6 heteroatoms. The fourth-order valence-electron chi connectivity index (χ4n) is 3.69. The summed E-state index contributed by atoms with van der Waals surface area (Å²) in [6, 6.07) is 7.84. The monoisotopic (exact) mass is 320 g/mol. The van der Waals surface area contributed by atoms with E-state index in [2.05, 4.69) is 15.0 Å². The number of aryl methyl sites for hydroxylation is 1. The van der Waals surface area contributed by atoms with Crippen LogP contribution >= 0.6 is 0 Å². The van der Waals surface area contributed by atoms with E-state index >= 15 is 0 Å². The van der Waals surface area contributed by atoms with E-state index < -0.39 is 5.60 Å². The molecule has 120 valence electrons. The van der Waals surface area contributed by atoms with Gasteiger partial charge in [0.05, 0.1) is 31.0 Å². The summed E-state index contributed by atoms with van der Waals surface area (Å²) in [5.74, 6) is 0.781. The maximum absolute atomic E-state index is 12.8. The van der Waals surface area contributed by atoms with Crippen molar-refractivity contribution >= 4 is 16.8 Å². The second-order valence-electron chi connectivity index (χ2n) is 6.47. The third-order valence-corrected chi connectivity index (χ3v) is 4.96. The molecule has 1 aromatic carbocycles. The van der Waals surface area contributed by atoms with Gasteiger partial charge in [-0.25, -0.2) is 9.97 Å². The molecule has 0 unspecified atom stereocenters. The Morgan fingerprint density at radius 3 is 3.04 bits per heavy atom. The number of rotatable bonds is 1. The largest absolute Gasteiger partial charge is 0.360 e. The minimum absolute atomic E-state index is 0.0307. The number of fused-ring (bicyclic) bond motifs is 3. The van der Waals surface area contributed by atoms with E-state index in [1.54, 1.807) is 6.20 Å². The van der Waals surface area contributed by atoms with Crippen LogP contribution in [0.3, 0.4) is 0 Å². The van der Waals surface area contributed by atoms with Crippen molar-refractivity contribution in [3.05, 3.63) is 59.3 Å². The highest BCUT2D eigenvalue weighted by atomic mass is 16.5. The smallest absolute Gasteiger partial charge is 0.256 e. The predicted molar refractivity (Wildman–Crippen MR) is 87.4 cm³/mol.